The van der Waals surface area contributed by atoms with Crippen molar-refractivity contribution >= 4 is 28.5 Å². The summed E-state index contributed by atoms with van der Waals surface area (Å²) in [5.41, 5.74) is 4.90. The molecule has 3 aromatic rings. The molecule has 0 saturated heterocycles. The number of fused-ring (bicyclic) bond motifs is 1. The van der Waals surface area contributed by atoms with Gasteiger partial charge in [-0.05, 0) is 49.4 Å². The van der Waals surface area contributed by atoms with Crippen molar-refractivity contribution in [3.05, 3.63) is 65.8 Å². The van der Waals surface area contributed by atoms with Gasteiger partial charge in [-0.1, -0.05) is 80.6 Å². The SMILES string of the molecule is CCCCCCCC/C(=C/Sc1ccc(C)cc1)n1cnc2ccccc21. The molecule has 0 fully saturated rings. The molecule has 0 N–H and O–H groups in total. The van der Waals surface area contributed by atoms with E-state index in [1.807, 2.05) is 6.33 Å². The van der Waals surface area contributed by atoms with Gasteiger partial charge in [0.15, 0.2) is 0 Å². The second-order valence-corrected chi connectivity index (χ2v) is 8.10. The molecule has 0 atom stereocenters. The lowest BCUT2D eigenvalue weighted by molar-refractivity contribution is 0.610. The molecular formula is C24H30N2S. The van der Waals surface area contributed by atoms with Crippen LogP contribution >= 0.6 is 11.8 Å². The third-order valence-corrected chi connectivity index (χ3v) is 5.84. The van der Waals surface area contributed by atoms with E-state index in [2.05, 4.69) is 77.3 Å². The molecule has 1 aromatic heterocycles. The van der Waals surface area contributed by atoms with E-state index in [1.54, 1.807) is 11.8 Å². The highest BCUT2D eigenvalue weighted by molar-refractivity contribution is 8.02. The van der Waals surface area contributed by atoms with E-state index in [1.165, 1.54) is 60.2 Å². The summed E-state index contributed by atoms with van der Waals surface area (Å²) in [7, 11) is 0. The van der Waals surface area contributed by atoms with E-state index < -0.39 is 0 Å². The predicted octanol–water partition coefficient (Wildman–Crippen LogP) is 7.69. The summed E-state index contributed by atoms with van der Waals surface area (Å²) in [5.74, 6) is 0. The standard InChI is InChI=1S/C24H30N2S/c1-3-4-5-6-7-8-11-21(18-27-22-16-14-20(2)15-17-22)26-19-25-23-12-9-10-13-24(23)26/h9-10,12-19H,3-8,11H2,1-2H3/b21-18-. The van der Waals surface area contributed by atoms with Gasteiger partial charge in [0.05, 0.1) is 11.0 Å². The third kappa shape index (κ3) is 5.74. The minimum atomic E-state index is 1.06. The van der Waals surface area contributed by atoms with E-state index in [9.17, 15) is 0 Å². The summed E-state index contributed by atoms with van der Waals surface area (Å²) < 4.78 is 2.27. The van der Waals surface area contributed by atoms with Crippen molar-refractivity contribution in [1.82, 2.24) is 9.55 Å². The van der Waals surface area contributed by atoms with Crippen LogP contribution in [0, 0.1) is 6.92 Å². The molecule has 2 aromatic carbocycles. The summed E-state index contributed by atoms with van der Waals surface area (Å²) in [6.07, 6.45) is 11.0. The first-order chi connectivity index (χ1) is 13.3. The van der Waals surface area contributed by atoms with Crippen molar-refractivity contribution in [2.75, 3.05) is 0 Å². The quantitative estimate of drug-likeness (QED) is 0.266. The normalized spacial score (nSPS) is 12.0. The number of unbranched alkanes of at least 4 members (excludes halogenated alkanes) is 5. The average molecular weight is 379 g/mol. The highest BCUT2D eigenvalue weighted by Crippen LogP contribution is 2.28. The molecule has 0 bridgehead atoms. The number of nitrogens with zero attached hydrogens (tertiary/aromatic N) is 2. The van der Waals surface area contributed by atoms with Crippen LogP contribution in [0.25, 0.3) is 16.7 Å². The first-order valence-corrected chi connectivity index (χ1v) is 11.0. The zero-order valence-electron chi connectivity index (χ0n) is 16.5. The zero-order valence-corrected chi connectivity index (χ0v) is 17.3. The van der Waals surface area contributed by atoms with Crippen LogP contribution in [0.2, 0.25) is 0 Å². The molecule has 142 valence electrons. The number of aryl methyl sites for hydroxylation is 1. The average Bonchev–Trinajstić information content (AvgIpc) is 3.12. The van der Waals surface area contributed by atoms with Crippen LogP contribution in [-0.4, -0.2) is 9.55 Å². The maximum absolute atomic E-state index is 4.59. The van der Waals surface area contributed by atoms with Crippen molar-refractivity contribution in [3.8, 4) is 0 Å². The van der Waals surface area contributed by atoms with Crippen molar-refractivity contribution in [2.24, 2.45) is 0 Å². The van der Waals surface area contributed by atoms with Gasteiger partial charge in [-0.15, -0.1) is 0 Å². The zero-order chi connectivity index (χ0) is 18.9. The highest BCUT2D eigenvalue weighted by atomic mass is 32.2. The molecule has 0 aliphatic rings. The first kappa shape index (κ1) is 19.8. The molecule has 0 saturated carbocycles. The summed E-state index contributed by atoms with van der Waals surface area (Å²) >= 11 is 1.81. The minimum Gasteiger partial charge on any atom is -0.302 e. The molecule has 3 rings (SSSR count). The smallest absolute Gasteiger partial charge is 0.100 e. The van der Waals surface area contributed by atoms with E-state index in [0.29, 0.717) is 0 Å². The molecule has 0 spiro atoms. The number of aromatic nitrogens is 2. The van der Waals surface area contributed by atoms with Gasteiger partial charge in [0.1, 0.15) is 6.33 Å². The fourth-order valence-electron chi connectivity index (χ4n) is 3.26. The second kappa shape index (κ2) is 10.4. The van der Waals surface area contributed by atoms with Gasteiger partial charge in [-0.3, -0.25) is 0 Å². The molecule has 0 amide bonds. The van der Waals surface area contributed by atoms with E-state index >= 15 is 0 Å². The topological polar surface area (TPSA) is 17.8 Å². The third-order valence-electron chi connectivity index (χ3n) is 4.90. The van der Waals surface area contributed by atoms with Crippen LogP contribution in [0.5, 0.6) is 0 Å². The lowest BCUT2D eigenvalue weighted by atomic mass is 10.1. The van der Waals surface area contributed by atoms with Gasteiger partial charge in [0.25, 0.3) is 0 Å². The van der Waals surface area contributed by atoms with Crippen LogP contribution in [0.1, 0.15) is 57.4 Å². The summed E-state index contributed by atoms with van der Waals surface area (Å²) in [6, 6.07) is 17.1. The number of thioether (sulfide) groups is 1. The Morgan fingerprint density at radius 2 is 1.70 bits per heavy atom. The molecule has 0 aliphatic heterocycles. The summed E-state index contributed by atoms with van der Waals surface area (Å²) in [4.78, 5) is 5.87. The molecular weight excluding hydrogens is 348 g/mol. The van der Waals surface area contributed by atoms with E-state index in [4.69, 9.17) is 0 Å². The first-order valence-electron chi connectivity index (χ1n) is 10.1. The molecule has 0 aliphatic carbocycles. The Kier molecular flexibility index (Phi) is 7.58. The predicted molar refractivity (Wildman–Crippen MR) is 119 cm³/mol. The van der Waals surface area contributed by atoms with Crippen molar-refractivity contribution < 1.29 is 0 Å². The van der Waals surface area contributed by atoms with Crippen molar-refractivity contribution in [2.45, 2.75) is 63.7 Å². The van der Waals surface area contributed by atoms with Crippen molar-refractivity contribution in [3.63, 3.8) is 0 Å². The molecule has 0 radical (unpaired) electrons. The Bertz CT molecular complexity index is 861. The Hall–Kier alpha value is -2.00. The Morgan fingerprint density at radius 3 is 2.52 bits per heavy atom. The van der Waals surface area contributed by atoms with Gasteiger partial charge < -0.3 is 4.57 Å². The summed E-state index contributed by atoms with van der Waals surface area (Å²) in [6.45, 7) is 4.40. The Morgan fingerprint density at radius 1 is 0.963 bits per heavy atom. The van der Waals surface area contributed by atoms with Crippen LogP contribution in [0.4, 0.5) is 0 Å². The van der Waals surface area contributed by atoms with E-state index in [0.717, 1.165) is 11.9 Å². The largest absolute Gasteiger partial charge is 0.302 e. The van der Waals surface area contributed by atoms with Crippen LogP contribution < -0.4 is 0 Å². The van der Waals surface area contributed by atoms with Gasteiger partial charge in [-0.25, -0.2) is 4.98 Å². The van der Waals surface area contributed by atoms with Crippen LogP contribution in [0.15, 0.2) is 65.2 Å². The number of imidazole rings is 1. The number of allylic oxidation sites excluding steroid dienone is 1. The number of para-hydroxylation sites is 2. The molecule has 2 nitrogen and oxygen atoms in total. The molecule has 1 heterocycles. The number of benzene rings is 2. The monoisotopic (exact) mass is 378 g/mol. The van der Waals surface area contributed by atoms with Crippen LogP contribution in [-0.2, 0) is 0 Å². The number of hydrogen-bond acceptors (Lipinski definition) is 2. The van der Waals surface area contributed by atoms with Gasteiger partial charge in [-0.2, -0.15) is 0 Å². The van der Waals surface area contributed by atoms with Gasteiger partial charge in [0.2, 0.25) is 0 Å². The van der Waals surface area contributed by atoms with Gasteiger partial charge in [0, 0.05) is 10.6 Å². The van der Waals surface area contributed by atoms with E-state index in [-0.39, 0.29) is 0 Å². The lowest BCUT2D eigenvalue weighted by Crippen LogP contribution is -1.95. The van der Waals surface area contributed by atoms with Crippen molar-refractivity contribution in [1.29, 1.82) is 0 Å². The number of rotatable bonds is 10. The summed E-state index contributed by atoms with van der Waals surface area (Å²) in [5, 5.41) is 2.31. The Balaban J connectivity index is 1.73. The number of hydrogen-bond donors (Lipinski definition) is 0. The second-order valence-electron chi connectivity index (χ2n) is 7.16. The maximum Gasteiger partial charge on any atom is 0.100 e. The minimum absolute atomic E-state index is 1.06. The fourth-order valence-corrected chi connectivity index (χ4v) is 4.06. The van der Waals surface area contributed by atoms with Crippen LogP contribution in [0.3, 0.4) is 0 Å². The maximum atomic E-state index is 4.59. The van der Waals surface area contributed by atoms with Gasteiger partial charge >= 0.3 is 0 Å². The molecule has 27 heavy (non-hydrogen) atoms. The molecule has 0 unspecified atom stereocenters. The molecule has 3 heteroatoms. The highest BCUT2D eigenvalue weighted by Gasteiger charge is 2.07. The lowest BCUT2D eigenvalue weighted by Gasteiger charge is -2.11. The Labute approximate surface area is 167 Å². The fraction of sp³-hybridized carbons (Fsp3) is 0.375.